The smallest absolute Gasteiger partial charge is 0.305 e. The first-order chi connectivity index (χ1) is 38.0. The van der Waals surface area contributed by atoms with Crippen LogP contribution >= 0.6 is 0 Å². The molecule has 3 N–H and O–H groups in total. The van der Waals surface area contributed by atoms with E-state index < -0.39 is 12.1 Å². The van der Waals surface area contributed by atoms with Crippen molar-refractivity contribution in [3.63, 3.8) is 0 Å². The molecule has 0 bridgehead atoms. The molecule has 2 atom stereocenters. The number of amides is 1. The fourth-order valence-corrected chi connectivity index (χ4v) is 10.8. The van der Waals surface area contributed by atoms with E-state index in [0.717, 1.165) is 57.8 Å². The topological polar surface area (TPSA) is 95.9 Å². The molecule has 6 nitrogen and oxygen atoms in total. The Morgan fingerprint density at radius 1 is 0.351 bits per heavy atom. The van der Waals surface area contributed by atoms with Crippen molar-refractivity contribution in [2.75, 3.05) is 13.2 Å². The fraction of sp³-hybridized carbons (Fsp3) is 0.887. The third kappa shape index (κ3) is 63.1. The summed E-state index contributed by atoms with van der Waals surface area (Å²) in [5.74, 6) is -0.0764. The minimum Gasteiger partial charge on any atom is -0.466 e. The molecule has 0 aliphatic rings. The molecule has 0 aliphatic carbocycles. The van der Waals surface area contributed by atoms with E-state index in [1.807, 2.05) is 6.08 Å². The molecule has 1 amide bonds. The Balaban J connectivity index is 3.46. The van der Waals surface area contributed by atoms with Crippen molar-refractivity contribution in [2.45, 2.75) is 392 Å². The first-order valence-electron chi connectivity index (χ1n) is 34.8. The molecule has 0 saturated heterocycles. The van der Waals surface area contributed by atoms with E-state index in [9.17, 15) is 19.8 Å². The van der Waals surface area contributed by atoms with Crippen LogP contribution in [0.4, 0.5) is 0 Å². The van der Waals surface area contributed by atoms with Crippen LogP contribution in [0.2, 0.25) is 0 Å². The molecule has 0 heterocycles. The third-order valence-electron chi connectivity index (χ3n) is 16.1. The first kappa shape index (κ1) is 75.1. The number of hydrogen-bond acceptors (Lipinski definition) is 5. The van der Waals surface area contributed by atoms with Gasteiger partial charge in [-0.05, 0) is 83.5 Å². The van der Waals surface area contributed by atoms with Gasteiger partial charge in [-0.25, -0.2) is 0 Å². The normalized spacial score (nSPS) is 12.7. The lowest BCUT2D eigenvalue weighted by molar-refractivity contribution is -0.143. The number of ether oxygens (including phenoxy) is 1. The van der Waals surface area contributed by atoms with Crippen LogP contribution in [0.1, 0.15) is 380 Å². The van der Waals surface area contributed by atoms with Crippen molar-refractivity contribution in [3.05, 3.63) is 36.5 Å². The van der Waals surface area contributed by atoms with Crippen LogP contribution < -0.4 is 5.32 Å². The molecule has 6 heteroatoms. The number of rotatable bonds is 65. The molecule has 0 spiro atoms. The quantitative estimate of drug-likeness (QED) is 0.0320. The maximum Gasteiger partial charge on any atom is 0.305 e. The van der Waals surface area contributed by atoms with Gasteiger partial charge in [-0.2, -0.15) is 0 Å². The molecule has 2 unspecified atom stereocenters. The number of nitrogens with one attached hydrogen (secondary N) is 1. The lowest BCUT2D eigenvalue weighted by Crippen LogP contribution is -2.45. The van der Waals surface area contributed by atoms with E-state index in [2.05, 4.69) is 43.5 Å². The summed E-state index contributed by atoms with van der Waals surface area (Å²) in [4.78, 5) is 24.6. The third-order valence-corrected chi connectivity index (χ3v) is 16.1. The molecular formula is C71H135NO5. The number of carbonyl (C=O) groups excluding carboxylic acids is 2. The summed E-state index contributed by atoms with van der Waals surface area (Å²) in [6.07, 6.45) is 84.9. The molecule has 0 aliphatic heterocycles. The van der Waals surface area contributed by atoms with Gasteiger partial charge in [0, 0.05) is 12.8 Å². The van der Waals surface area contributed by atoms with E-state index in [0.29, 0.717) is 19.4 Å². The lowest BCUT2D eigenvalue weighted by atomic mass is 10.0. The zero-order valence-electron chi connectivity index (χ0n) is 52.0. The summed E-state index contributed by atoms with van der Waals surface area (Å²) in [7, 11) is 0. The highest BCUT2D eigenvalue weighted by atomic mass is 16.5. The second kappa shape index (κ2) is 66.6. The molecule has 77 heavy (non-hydrogen) atoms. The summed E-state index contributed by atoms with van der Waals surface area (Å²) in [6.45, 7) is 4.92. The zero-order valence-corrected chi connectivity index (χ0v) is 52.0. The average molecular weight is 1080 g/mol. The Kier molecular flexibility index (Phi) is 64.9. The molecule has 0 aromatic carbocycles. The van der Waals surface area contributed by atoms with E-state index in [1.165, 1.54) is 295 Å². The maximum absolute atomic E-state index is 12.5. The SMILES string of the molecule is CCCCCCCC/C=C\CCCCCCCCCCCC(=O)OCCCCCCCCCCC/C=C\CCCCCCCC(=O)NC(CO)C(O)/C=C/CCCCCCCCCCCCCCCCCCCCCCC. The van der Waals surface area contributed by atoms with Gasteiger partial charge in [0.1, 0.15) is 0 Å². The summed E-state index contributed by atoms with van der Waals surface area (Å²) in [5, 5.41) is 23.2. The van der Waals surface area contributed by atoms with Gasteiger partial charge in [0.15, 0.2) is 0 Å². The number of carbonyl (C=O) groups is 2. The number of hydrogen-bond donors (Lipinski definition) is 3. The van der Waals surface area contributed by atoms with Crippen molar-refractivity contribution in [3.8, 4) is 0 Å². The molecule has 454 valence electrons. The maximum atomic E-state index is 12.5. The van der Waals surface area contributed by atoms with Gasteiger partial charge in [-0.15, -0.1) is 0 Å². The van der Waals surface area contributed by atoms with Gasteiger partial charge in [-0.1, -0.05) is 320 Å². The van der Waals surface area contributed by atoms with Crippen LogP contribution in [0.3, 0.4) is 0 Å². The zero-order chi connectivity index (χ0) is 55.7. The minimum absolute atomic E-state index is 0.00240. The summed E-state index contributed by atoms with van der Waals surface area (Å²) in [5.41, 5.74) is 0. The van der Waals surface area contributed by atoms with Gasteiger partial charge in [0.05, 0.1) is 25.4 Å². The lowest BCUT2D eigenvalue weighted by Gasteiger charge is -2.20. The summed E-state index contributed by atoms with van der Waals surface area (Å²) >= 11 is 0. The number of aliphatic hydroxyl groups is 2. The Bertz CT molecular complexity index is 1250. The Morgan fingerprint density at radius 3 is 0.922 bits per heavy atom. The van der Waals surface area contributed by atoms with Crippen molar-refractivity contribution in [1.82, 2.24) is 5.32 Å². The van der Waals surface area contributed by atoms with E-state index in [1.54, 1.807) is 6.08 Å². The van der Waals surface area contributed by atoms with Gasteiger partial charge < -0.3 is 20.3 Å². The number of allylic oxidation sites excluding steroid dienone is 5. The molecule has 0 aromatic rings. The van der Waals surface area contributed by atoms with Crippen molar-refractivity contribution >= 4 is 11.9 Å². The van der Waals surface area contributed by atoms with Crippen LogP contribution in [0.15, 0.2) is 36.5 Å². The van der Waals surface area contributed by atoms with Crippen LogP contribution in [-0.2, 0) is 14.3 Å². The highest BCUT2D eigenvalue weighted by molar-refractivity contribution is 5.76. The molecule has 0 fully saturated rings. The molecule has 0 rings (SSSR count). The summed E-state index contributed by atoms with van der Waals surface area (Å²) in [6, 6.07) is -0.640. The molecule has 0 aromatic heterocycles. The Hall–Kier alpha value is -1.92. The van der Waals surface area contributed by atoms with Gasteiger partial charge in [0.2, 0.25) is 5.91 Å². The molecule has 0 radical (unpaired) electrons. The second-order valence-electron chi connectivity index (χ2n) is 23.9. The number of unbranched alkanes of at least 4 members (excludes halogenated alkanes) is 50. The van der Waals surface area contributed by atoms with Crippen LogP contribution in [0.5, 0.6) is 0 Å². The van der Waals surface area contributed by atoms with E-state index in [4.69, 9.17) is 4.74 Å². The van der Waals surface area contributed by atoms with Crippen LogP contribution in [-0.4, -0.2) is 47.4 Å². The van der Waals surface area contributed by atoms with Crippen molar-refractivity contribution in [2.24, 2.45) is 0 Å². The monoisotopic (exact) mass is 1080 g/mol. The van der Waals surface area contributed by atoms with Gasteiger partial charge >= 0.3 is 5.97 Å². The van der Waals surface area contributed by atoms with Crippen molar-refractivity contribution < 1.29 is 24.5 Å². The van der Waals surface area contributed by atoms with Crippen LogP contribution in [0.25, 0.3) is 0 Å². The summed E-state index contributed by atoms with van der Waals surface area (Å²) < 4.78 is 5.50. The molecule has 0 saturated carbocycles. The number of aliphatic hydroxyl groups excluding tert-OH is 2. The fourth-order valence-electron chi connectivity index (χ4n) is 10.8. The number of esters is 1. The minimum atomic E-state index is -0.855. The highest BCUT2D eigenvalue weighted by Gasteiger charge is 2.18. The Labute approximate surface area is 481 Å². The van der Waals surface area contributed by atoms with Crippen molar-refractivity contribution in [1.29, 1.82) is 0 Å². The molecular weight excluding hydrogens is 947 g/mol. The van der Waals surface area contributed by atoms with E-state index >= 15 is 0 Å². The standard InChI is InChI=1S/C71H135NO5/c1-3-5-7-9-11-13-15-17-19-21-23-24-25-26-28-31-35-39-43-47-51-55-59-63-69(74)68(67-73)72-70(75)64-60-56-52-48-44-40-36-32-29-30-34-38-42-46-50-54-58-62-66-77-71(76)65-61-57-53-49-45-41-37-33-27-22-20-18-16-14-12-10-8-6-4-2/h18,20,32,36,59,63,68-69,73-74H,3-17,19,21-31,33-35,37-58,60-62,64-67H2,1-2H3,(H,72,75)/b20-18-,36-32-,63-59+. The highest BCUT2D eigenvalue weighted by Crippen LogP contribution is 2.18. The van der Waals surface area contributed by atoms with Gasteiger partial charge in [-0.3, -0.25) is 9.59 Å². The van der Waals surface area contributed by atoms with Crippen LogP contribution in [0, 0.1) is 0 Å². The first-order valence-corrected chi connectivity index (χ1v) is 34.8. The predicted molar refractivity (Wildman–Crippen MR) is 338 cm³/mol. The van der Waals surface area contributed by atoms with Gasteiger partial charge in [0.25, 0.3) is 0 Å². The largest absolute Gasteiger partial charge is 0.466 e. The second-order valence-corrected chi connectivity index (χ2v) is 23.9. The van der Waals surface area contributed by atoms with E-state index in [-0.39, 0.29) is 18.5 Å². The predicted octanol–water partition coefficient (Wildman–Crippen LogP) is 22.3. The Morgan fingerprint density at radius 2 is 0.610 bits per heavy atom. The average Bonchev–Trinajstić information content (AvgIpc) is 3.43.